The molecule has 0 fully saturated rings. The summed E-state index contributed by atoms with van der Waals surface area (Å²) in [5.74, 6) is -0.796. The van der Waals surface area contributed by atoms with E-state index in [9.17, 15) is 19.0 Å². The van der Waals surface area contributed by atoms with E-state index in [2.05, 4.69) is 30.5 Å². The molecule has 0 saturated heterocycles. The summed E-state index contributed by atoms with van der Waals surface area (Å²) in [5.41, 5.74) is 0. The predicted molar refractivity (Wildman–Crippen MR) is 216 cm³/mol. The Kier molecular flexibility index (Phi) is 38.6. The van der Waals surface area contributed by atoms with Gasteiger partial charge < -0.3 is 14.4 Å². The fourth-order valence-electron chi connectivity index (χ4n) is 6.36. The Morgan fingerprint density at radius 3 is 1.25 bits per heavy atom. The molecule has 0 rings (SSSR count). The van der Waals surface area contributed by atoms with Crippen LogP contribution in [0.5, 0.6) is 0 Å². The normalized spacial score (nSPS) is 13.4. The van der Waals surface area contributed by atoms with Gasteiger partial charge in [0.25, 0.3) is 0 Å². The molecule has 0 aliphatic rings. The van der Waals surface area contributed by atoms with E-state index in [-0.39, 0.29) is 19.0 Å². The second kappa shape index (κ2) is 39.5. The Morgan fingerprint density at radius 2 is 0.865 bits per heavy atom. The number of esters is 2. The van der Waals surface area contributed by atoms with Gasteiger partial charge in [-0.15, -0.1) is 0 Å². The smallest absolute Gasteiger partial charge is 0.462 e. The maximum atomic E-state index is 12.5. The topological polar surface area (TPSA) is 108 Å². The van der Waals surface area contributed by atoms with E-state index in [1.807, 2.05) is 0 Å². The van der Waals surface area contributed by atoms with Gasteiger partial charge in [-0.2, -0.15) is 0 Å². The lowest BCUT2D eigenvalue weighted by Gasteiger charge is -2.19. The lowest BCUT2D eigenvalue weighted by molar-refractivity contribution is -0.161. The van der Waals surface area contributed by atoms with E-state index >= 15 is 0 Å². The Labute approximate surface area is 320 Å². The van der Waals surface area contributed by atoms with Crippen molar-refractivity contribution in [3.05, 3.63) is 12.2 Å². The molecule has 0 aromatic heterocycles. The summed E-state index contributed by atoms with van der Waals surface area (Å²) < 4.78 is 32.0. The van der Waals surface area contributed by atoms with Gasteiger partial charge in [0.1, 0.15) is 6.61 Å². The maximum Gasteiger partial charge on any atom is 0.472 e. The summed E-state index contributed by atoms with van der Waals surface area (Å²) in [6.07, 6.45) is 42.6. The van der Waals surface area contributed by atoms with Gasteiger partial charge >= 0.3 is 19.8 Å². The third-order valence-corrected chi connectivity index (χ3v) is 10.7. The molecule has 2 unspecified atom stereocenters. The molecule has 0 aliphatic heterocycles. The molecule has 8 nitrogen and oxygen atoms in total. The first-order valence-corrected chi connectivity index (χ1v) is 23.4. The number of carbonyl (C=O) groups excluding carboxylic acids is 2. The monoisotopic (exact) mass is 759 g/mol. The summed E-state index contributed by atoms with van der Waals surface area (Å²) >= 11 is 0. The standard InChI is InChI=1S/C43H83O8P/c1-4-6-8-10-12-14-16-18-20-22-24-26-28-30-32-34-36-38-43(45)51-41(40-50-52(46,47)48-3)39-49-42(44)37-35-33-31-29-27-25-23-21-19-17-15-13-11-9-7-5-2/h18,20,41H,4-17,19,21-40H2,1-3H3,(H,46,47)/b20-18-. The molecule has 1 N–H and O–H groups in total. The van der Waals surface area contributed by atoms with Crippen LogP contribution >= 0.6 is 7.82 Å². The summed E-state index contributed by atoms with van der Waals surface area (Å²) in [6, 6.07) is 0. The first-order chi connectivity index (χ1) is 25.3. The predicted octanol–water partition coefficient (Wildman–Crippen LogP) is 13.7. The van der Waals surface area contributed by atoms with Crippen LogP contribution in [0.15, 0.2) is 12.2 Å². The first-order valence-electron chi connectivity index (χ1n) is 21.9. The number of carbonyl (C=O) groups is 2. The zero-order chi connectivity index (χ0) is 38.2. The molecule has 0 aliphatic carbocycles. The van der Waals surface area contributed by atoms with Gasteiger partial charge in [0.2, 0.25) is 0 Å². The molecule has 308 valence electrons. The quantitative estimate of drug-likeness (QED) is 0.0284. The molecule has 0 aromatic carbocycles. The van der Waals surface area contributed by atoms with E-state index < -0.39 is 26.5 Å². The Balaban J connectivity index is 3.96. The number of hydrogen-bond donors (Lipinski definition) is 1. The van der Waals surface area contributed by atoms with Crippen molar-refractivity contribution < 1.29 is 37.6 Å². The second-order valence-electron chi connectivity index (χ2n) is 14.8. The van der Waals surface area contributed by atoms with Crippen LogP contribution in [-0.2, 0) is 32.7 Å². The van der Waals surface area contributed by atoms with Crippen LogP contribution in [0.25, 0.3) is 0 Å². The van der Waals surface area contributed by atoms with Gasteiger partial charge in [0, 0.05) is 20.0 Å². The number of hydrogen-bond acceptors (Lipinski definition) is 7. The van der Waals surface area contributed by atoms with Crippen molar-refractivity contribution in [2.75, 3.05) is 20.3 Å². The number of phosphoric acid groups is 1. The highest BCUT2D eigenvalue weighted by atomic mass is 31.2. The molecule has 0 saturated carbocycles. The fraction of sp³-hybridized carbons (Fsp3) is 0.907. The average Bonchev–Trinajstić information content (AvgIpc) is 3.13. The molecule has 0 aromatic rings. The molecule has 0 heterocycles. The number of phosphoric ester groups is 1. The summed E-state index contributed by atoms with van der Waals surface area (Å²) in [5, 5.41) is 0. The van der Waals surface area contributed by atoms with Gasteiger partial charge in [0.15, 0.2) is 6.10 Å². The molecule has 0 radical (unpaired) electrons. The Hall–Kier alpha value is -1.21. The lowest BCUT2D eigenvalue weighted by atomic mass is 10.0. The summed E-state index contributed by atoms with van der Waals surface area (Å²) in [6.45, 7) is 3.91. The van der Waals surface area contributed by atoms with Crippen LogP contribution in [-0.4, -0.2) is 43.3 Å². The maximum absolute atomic E-state index is 12.5. The van der Waals surface area contributed by atoms with E-state index in [0.717, 1.165) is 52.1 Å². The first kappa shape index (κ1) is 50.8. The minimum atomic E-state index is -4.26. The summed E-state index contributed by atoms with van der Waals surface area (Å²) in [4.78, 5) is 34.5. The highest BCUT2D eigenvalue weighted by molar-refractivity contribution is 7.47. The van der Waals surface area contributed by atoms with Gasteiger partial charge in [-0.3, -0.25) is 18.6 Å². The van der Waals surface area contributed by atoms with Crippen molar-refractivity contribution in [3.63, 3.8) is 0 Å². The molecule has 9 heteroatoms. The van der Waals surface area contributed by atoms with E-state index in [1.54, 1.807) is 0 Å². The van der Waals surface area contributed by atoms with Crippen molar-refractivity contribution in [2.24, 2.45) is 0 Å². The van der Waals surface area contributed by atoms with Gasteiger partial charge in [-0.05, 0) is 38.5 Å². The van der Waals surface area contributed by atoms with Crippen molar-refractivity contribution >= 4 is 19.8 Å². The summed E-state index contributed by atoms with van der Waals surface area (Å²) in [7, 11) is -3.19. The molecular formula is C43H83O8P. The zero-order valence-electron chi connectivity index (χ0n) is 34.2. The van der Waals surface area contributed by atoms with Crippen molar-refractivity contribution in [1.29, 1.82) is 0 Å². The zero-order valence-corrected chi connectivity index (χ0v) is 35.1. The van der Waals surface area contributed by atoms with Crippen LogP contribution in [0.3, 0.4) is 0 Å². The van der Waals surface area contributed by atoms with Crippen molar-refractivity contribution in [1.82, 2.24) is 0 Å². The molecular weight excluding hydrogens is 675 g/mol. The average molecular weight is 759 g/mol. The minimum absolute atomic E-state index is 0.221. The van der Waals surface area contributed by atoms with Gasteiger partial charge in [0.05, 0.1) is 6.61 Å². The highest BCUT2D eigenvalue weighted by Crippen LogP contribution is 2.42. The number of unbranched alkanes of at least 4 members (excludes halogenated alkanes) is 28. The van der Waals surface area contributed by atoms with Crippen LogP contribution < -0.4 is 0 Å². The van der Waals surface area contributed by atoms with E-state index in [1.165, 1.54) is 148 Å². The van der Waals surface area contributed by atoms with Crippen LogP contribution in [0.4, 0.5) is 0 Å². The SMILES string of the molecule is CCCCCCCC/C=C\CCCCCCCCCC(=O)OC(COC(=O)CCCCCCCCCCCCCCCCCC)COP(=O)(O)OC. The number of allylic oxidation sites excluding steroid dienone is 2. The van der Waals surface area contributed by atoms with Crippen LogP contribution in [0.1, 0.15) is 226 Å². The van der Waals surface area contributed by atoms with Crippen LogP contribution in [0, 0.1) is 0 Å². The van der Waals surface area contributed by atoms with Crippen LogP contribution in [0.2, 0.25) is 0 Å². The third-order valence-electron chi connectivity index (χ3n) is 9.76. The molecule has 0 bridgehead atoms. The molecule has 2 atom stereocenters. The highest BCUT2D eigenvalue weighted by Gasteiger charge is 2.24. The molecule has 52 heavy (non-hydrogen) atoms. The fourth-order valence-corrected chi connectivity index (χ4v) is 6.82. The Bertz CT molecular complexity index is 864. The van der Waals surface area contributed by atoms with Gasteiger partial charge in [-0.1, -0.05) is 187 Å². The lowest BCUT2D eigenvalue weighted by Crippen LogP contribution is -2.29. The molecule has 0 spiro atoms. The van der Waals surface area contributed by atoms with E-state index in [4.69, 9.17) is 14.0 Å². The van der Waals surface area contributed by atoms with Crippen molar-refractivity contribution in [3.8, 4) is 0 Å². The number of rotatable bonds is 41. The Morgan fingerprint density at radius 1 is 0.519 bits per heavy atom. The van der Waals surface area contributed by atoms with E-state index in [0.29, 0.717) is 12.8 Å². The molecule has 0 amide bonds. The third kappa shape index (κ3) is 38.5. The van der Waals surface area contributed by atoms with Crippen molar-refractivity contribution in [2.45, 2.75) is 232 Å². The largest absolute Gasteiger partial charge is 0.472 e. The minimum Gasteiger partial charge on any atom is -0.462 e. The van der Waals surface area contributed by atoms with Gasteiger partial charge in [-0.25, -0.2) is 4.57 Å². The number of ether oxygens (including phenoxy) is 2. The second-order valence-corrected chi connectivity index (χ2v) is 16.4.